The molecule has 2 bridgehead atoms. The van der Waals surface area contributed by atoms with Crippen molar-refractivity contribution in [3.63, 3.8) is 0 Å². The molecule has 0 aliphatic heterocycles. The zero-order chi connectivity index (χ0) is 16.0. The molecular formula is C18H22N2O2. The molecule has 1 amide bonds. The number of nitrogens with one attached hydrogen (secondary N) is 1. The molecule has 4 heteroatoms. The van der Waals surface area contributed by atoms with Crippen LogP contribution < -0.4 is 5.43 Å². The van der Waals surface area contributed by atoms with Gasteiger partial charge in [-0.3, -0.25) is 4.79 Å². The molecule has 0 radical (unpaired) electrons. The Balaban J connectivity index is 1.73. The monoisotopic (exact) mass is 298 g/mol. The lowest BCUT2D eigenvalue weighted by Gasteiger charge is -2.36. The number of hydrazone groups is 1. The van der Waals surface area contributed by atoms with Crippen LogP contribution in [0.2, 0.25) is 0 Å². The SMILES string of the molecule is C=C1C2(C(=O)N/N=C\c3ccccc3O)CCC(C2)C1(C)C. The maximum Gasteiger partial charge on any atom is 0.250 e. The van der Waals surface area contributed by atoms with E-state index in [4.69, 9.17) is 0 Å². The van der Waals surface area contributed by atoms with Crippen LogP contribution >= 0.6 is 0 Å². The molecule has 0 aromatic heterocycles. The molecule has 22 heavy (non-hydrogen) atoms. The zero-order valence-corrected chi connectivity index (χ0v) is 13.1. The van der Waals surface area contributed by atoms with Crippen LogP contribution in [0.15, 0.2) is 41.5 Å². The van der Waals surface area contributed by atoms with Gasteiger partial charge in [0, 0.05) is 5.56 Å². The Morgan fingerprint density at radius 3 is 2.82 bits per heavy atom. The van der Waals surface area contributed by atoms with Crippen molar-refractivity contribution in [1.29, 1.82) is 0 Å². The van der Waals surface area contributed by atoms with Crippen molar-refractivity contribution >= 4 is 12.1 Å². The lowest BCUT2D eigenvalue weighted by molar-refractivity contribution is -0.128. The first kappa shape index (κ1) is 14.8. The van der Waals surface area contributed by atoms with Gasteiger partial charge in [0.1, 0.15) is 5.75 Å². The Kier molecular flexibility index (Phi) is 3.35. The summed E-state index contributed by atoms with van der Waals surface area (Å²) >= 11 is 0. The largest absolute Gasteiger partial charge is 0.507 e. The van der Waals surface area contributed by atoms with Gasteiger partial charge in [0.25, 0.3) is 0 Å². The fraction of sp³-hybridized carbons (Fsp3) is 0.444. The molecule has 2 fully saturated rings. The smallest absolute Gasteiger partial charge is 0.250 e. The fourth-order valence-corrected chi connectivity index (χ4v) is 4.01. The predicted octanol–water partition coefficient (Wildman–Crippen LogP) is 3.22. The van der Waals surface area contributed by atoms with Crippen molar-refractivity contribution < 1.29 is 9.90 Å². The average Bonchev–Trinajstić information content (AvgIpc) is 3.01. The number of benzene rings is 1. The summed E-state index contributed by atoms with van der Waals surface area (Å²) in [5.41, 5.74) is 3.81. The molecule has 116 valence electrons. The number of rotatable bonds is 3. The van der Waals surface area contributed by atoms with Crippen LogP contribution in [-0.2, 0) is 4.79 Å². The summed E-state index contributed by atoms with van der Waals surface area (Å²) in [5, 5.41) is 13.7. The number of fused-ring (bicyclic) bond motifs is 2. The van der Waals surface area contributed by atoms with Gasteiger partial charge in [-0.2, -0.15) is 5.10 Å². The summed E-state index contributed by atoms with van der Waals surface area (Å²) in [5.74, 6) is 0.608. The highest BCUT2D eigenvalue weighted by Crippen LogP contribution is 2.65. The van der Waals surface area contributed by atoms with Gasteiger partial charge >= 0.3 is 0 Å². The number of para-hydroxylation sites is 1. The molecule has 2 aliphatic carbocycles. The minimum Gasteiger partial charge on any atom is -0.507 e. The van der Waals surface area contributed by atoms with E-state index < -0.39 is 5.41 Å². The maximum atomic E-state index is 12.7. The standard InChI is InChI=1S/C18H22N2O2/c1-12-17(2,3)14-8-9-18(12,10-14)16(22)20-19-11-13-6-4-5-7-15(13)21/h4-7,11,14,21H,1,8-10H2,2-3H3,(H,20,22)/b19-11-. The number of nitrogens with zero attached hydrogens (tertiary/aromatic N) is 1. The number of carbonyl (C=O) groups excluding carboxylic acids is 1. The van der Waals surface area contributed by atoms with Crippen LogP contribution in [0.4, 0.5) is 0 Å². The Hall–Kier alpha value is -2.10. The van der Waals surface area contributed by atoms with E-state index >= 15 is 0 Å². The summed E-state index contributed by atoms with van der Waals surface area (Å²) in [6.45, 7) is 8.57. The molecule has 2 N–H and O–H groups in total. The number of amides is 1. The lowest BCUT2D eigenvalue weighted by Crippen LogP contribution is -2.39. The third-order valence-electron chi connectivity index (χ3n) is 5.63. The number of phenols is 1. The highest BCUT2D eigenvalue weighted by atomic mass is 16.3. The van der Waals surface area contributed by atoms with Gasteiger partial charge in [-0.1, -0.05) is 38.1 Å². The second-order valence-electron chi connectivity index (χ2n) is 6.98. The van der Waals surface area contributed by atoms with Crippen molar-refractivity contribution in [2.24, 2.45) is 21.8 Å². The summed E-state index contributed by atoms with van der Waals surface area (Å²) in [7, 11) is 0. The summed E-state index contributed by atoms with van der Waals surface area (Å²) in [6.07, 6.45) is 4.27. The van der Waals surface area contributed by atoms with Crippen molar-refractivity contribution in [3.05, 3.63) is 42.0 Å². The third kappa shape index (κ3) is 2.05. The molecule has 4 nitrogen and oxygen atoms in total. The molecule has 2 aliphatic rings. The van der Waals surface area contributed by atoms with Crippen LogP contribution in [-0.4, -0.2) is 17.2 Å². The van der Waals surface area contributed by atoms with E-state index in [0.29, 0.717) is 11.5 Å². The van der Waals surface area contributed by atoms with E-state index in [1.54, 1.807) is 18.2 Å². The van der Waals surface area contributed by atoms with E-state index in [2.05, 4.69) is 31.0 Å². The van der Waals surface area contributed by atoms with Crippen LogP contribution in [0.5, 0.6) is 5.75 Å². The van der Waals surface area contributed by atoms with Crippen molar-refractivity contribution in [3.8, 4) is 5.75 Å². The highest BCUT2D eigenvalue weighted by Gasteiger charge is 2.60. The maximum absolute atomic E-state index is 12.7. The van der Waals surface area contributed by atoms with Gasteiger partial charge in [-0.15, -0.1) is 0 Å². The van der Waals surface area contributed by atoms with Crippen LogP contribution in [0.1, 0.15) is 38.7 Å². The molecule has 1 aromatic rings. The normalized spacial score (nSPS) is 29.2. The Morgan fingerprint density at radius 1 is 1.45 bits per heavy atom. The number of aromatic hydroxyl groups is 1. The molecule has 0 saturated heterocycles. The van der Waals surface area contributed by atoms with Gasteiger partial charge in [0.05, 0.1) is 11.6 Å². The van der Waals surface area contributed by atoms with Crippen molar-refractivity contribution in [2.45, 2.75) is 33.1 Å². The Labute approximate surface area is 130 Å². The second-order valence-corrected chi connectivity index (χ2v) is 6.98. The van der Waals surface area contributed by atoms with E-state index in [1.807, 2.05) is 6.07 Å². The molecule has 0 heterocycles. The number of hydrogen-bond donors (Lipinski definition) is 2. The van der Waals surface area contributed by atoms with Gasteiger partial charge in [-0.05, 0) is 42.7 Å². The van der Waals surface area contributed by atoms with E-state index in [1.165, 1.54) is 6.21 Å². The molecule has 2 unspecified atom stereocenters. The molecule has 3 rings (SSSR count). The van der Waals surface area contributed by atoms with Crippen LogP contribution in [0.25, 0.3) is 0 Å². The summed E-state index contributed by atoms with van der Waals surface area (Å²) < 4.78 is 0. The lowest BCUT2D eigenvalue weighted by atomic mass is 9.68. The second kappa shape index (κ2) is 4.97. The molecular weight excluding hydrogens is 276 g/mol. The number of phenolic OH excluding ortho intramolecular Hbond substituents is 1. The quantitative estimate of drug-likeness (QED) is 0.511. The molecule has 0 spiro atoms. The first-order valence-corrected chi connectivity index (χ1v) is 7.69. The van der Waals surface area contributed by atoms with Gasteiger partial charge < -0.3 is 5.11 Å². The minimum atomic E-state index is -0.468. The highest BCUT2D eigenvalue weighted by molar-refractivity contribution is 5.89. The molecule has 2 saturated carbocycles. The number of carbonyl (C=O) groups is 1. The first-order chi connectivity index (χ1) is 10.4. The van der Waals surface area contributed by atoms with Crippen LogP contribution in [0, 0.1) is 16.7 Å². The van der Waals surface area contributed by atoms with Gasteiger partial charge in [0.2, 0.25) is 5.91 Å². The zero-order valence-electron chi connectivity index (χ0n) is 13.1. The Morgan fingerprint density at radius 2 is 2.18 bits per heavy atom. The first-order valence-electron chi connectivity index (χ1n) is 7.69. The van der Waals surface area contributed by atoms with E-state index in [0.717, 1.165) is 24.8 Å². The predicted molar refractivity (Wildman–Crippen MR) is 86.5 cm³/mol. The molecule has 1 aromatic carbocycles. The van der Waals surface area contributed by atoms with Gasteiger partial charge in [0.15, 0.2) is 0 Å². The van der Waals surface area contributed by atoms with E-state index in [9.17, 15) is 9.90 Å². The Bertz CT molecular complexity index is 663. The van der Waals surface area contributed by atoms with Crippen LogP contribution in [0.3, 0.4) is 0 Å². The molecule has 2 atom stereocenters. The summed E-state index contributed by atoms with van der Waals surface area (Å²) in [4.78, 5) is 12.7. The summed E-state index contributed by atoms with van der Waals surface area (Å²) in [6, 6.07) is 6.88. The topological polar surface area (TPSA) is 61.7 Å². The number of hydrogen-bond acceptors (Lipinski definition) is 3. The fourth-order valence-electron chi connectivity index (χ4n) is 4.01. The van der Waals surface area contributed by atoms with Gasteiger partial charge in [-0.25, -0.2) is 5.43 Å². The van der Waals surface area contributed by atoms with E-state index in [-0.39, 0.29) is 17.1 Å². The van der Waals surface area contributed by atoms with Crippen molar-refractivity contribution in [2.75, 3.05) is 0 Å². The minimum absolute atomic E-state index is 0.0248. The third-order valence-corrected chi connectivity index (χ3v) is 5.63. The average molecular weight is 298 g/mol. The van der Waals surface area contributed by atoms with Crippen molar-refractivity contribution in [1.82, 2.24) is 5.43 Å².